The van der Waals surface area contributed by atoms with Crippen LogP contribution in [-0.2, 0) is 6.54 Å². The summed E-state index contributed by atoms with van der Waals surface area (Å²) in [7, 11) is 1.74. The van der Waals surface area contributed by atoms with E-state index in [-0.39, 0.29) is 5.82 Å². The molecule has 28 heavy (non-hydrogen) atoms. The molecule has 5 nitrogen and oxygen atoms in total. The van der Waals surface area contributed by atoms with Crippen LogP contribution < -0.4 is 10.6 Å². The summed E-state index contributed by atoms with van der Waals surface area (Å²) < 4.78 is 18.4. The van der Waals surface area contributed by atoms with Crippen molar-refractivity contribution in [1.29, 1.82) is 0 Å². The summed E-state index contributed by atoms with van der Waals surface area (Å²) in [5.74, 6) is 2.07. The number of guanidine groups is 1. The second-order valence-corrected chi connectivity index (χ2v) is 7.19. The van der Waals surface area contributed by atoms with Crippen molar-refractivity contribution >= 4 is 17.7 Å². The van der Waals surface area contributed by atoms with Crippen molar-refractivity contribution in [3.63, 3.8) is 0 Å². The van der Waals surface area contributed by atoms with Crippen LogP contribution in [-0.4, -0.2) is 30.3 Å². The van der Waals surface area contributed by atoms with Crippen molar-refractivity contribution < 1.29 is 8.81 Å². The van der Waals surface area contributed by atoms with Gasteiger partial charge >= 0.3 is 0 Å². The molecule has 0 bridgehead atoms. The zero-order chi connectivity index (χ0) is 19.6. The normalized spacial score (nSPS) is 11.4. The number of oxazole rings is 1. The third-order valence-corrected chi connectivity index (χ3v) is 5.03. The van der Waals surface area contributed by atoms with E-state index in [0.29, 0.717) is 12.4 Å². The summed E-state index contributed by atoms with van der Waals surface area (Å²) in [5, 5.41) is 6.51. The molecule has 1 aromatic heterocycles. The SMILES string of the molecule is CN=C(NCCCSc1ccc(F)cc1)NCc1coc(-c2ccccc2)n1. The van der Waals surface area contributed by atoms with E-state index in [4.69, 9.17) is 4.42 Å². The topological polar surface area (TPSA) is 62.5 Å². The van der Waals surface area contributed by atoms with Gasteiger partial charge in [-0.1, -0.05) is 18.2 Å². The molecule has 0 aliphatic rings. The lowest BCUT2D eigenvalue weighted by Crippen LogP contribution is -2.37. The second-order valence-electron chi connectivity index (χ2n) is 6.02. The van der Waals surface area contributed by atoms with Gasteiger partial charge < -0.3 is 15.1 Å². The van der Waals surface area contributed by atoms with E-state index in [1.807, 2.05) is 30.3 Å². The van der Waals surface area contributed by atoms with Gasteiger partial charge in [-0.15, -0.1) is 11.8 Å². The predicted octanol–water partition coefficient (Wildman–Crippen LogP) is 4.33. The van der Waals surface area contributed by atoms with E-state index >= 15 is 0 Å². The Morgan fingerprint density at radius 3 is 2.64 bits per heavy atom. The second kappa shape index (κ2) is 10.5. The standard InChI is InChI=1S/C21H23FN4OS/c1-23-21(24-12-5-13-28-19-10-8-17(22)9-11-19)25-14-18-15-27-20(26-18)16-6-3-2-4-7-16/h2-4,6-11,15H,5,12-14H2,1H3,(H2,23,24,25). The number of nitrogens with one attached hydrogen (secondary N) is 2. The molecule has 0 atom stereocenters. The lowest BCUT2D eigenvalue weighted by Gasteiger charge is -2.10. The molecule has 3 rings (SSSR count). The van der Waals surface area contributed by atoms with E-state index in [9.17, 15) is 4.39 Å². The average Bonchev–Trinajstić information content (AvgIpc) is 3.21. The molecule has 0 saturated carbocycles. The molecular weight excluding hydrogens is 375 g/mol. The number of nitrogens with zero attached hydrogens (tertiary/aromatic N) is 2. The summed E-state index contributed by atoms with van der Waals surface area (Å²) in [6.45, 7) is 1.32. The van der Waals surface area contributed by atoms with Gasteiger partial charge in [0.05, 0.1) is 12.2 Å². The number of rotatable bonds is 8. The van der Waals surface area contributed by atoms with Crippen molar-refractivity contribution in [3.05, 3.63) is 72.4 Å². The van der Waals surface area contributed by atoms with Crippen LogP contribution in [0, 0.1) is 5.82 Å². The quantitative estimate of drug-likeness (QED) is 0.256. The Balaban J connectivity index is 1.37. The highest BCUT2D eigenvalue weighted by Crippen LogP contribution is 2.19. The molecule has 7 heteroatoms. The van der Waals surface area contributed by atoms with Crippen LogP contribution in [0.2, 0.25) is 0 Å². The highest BCUT2D eigenvalue weighted by molar-refractivity contribution is 7.99. The zero-order valence-electron chi connectivity index (χ0n) is 15.7. The van der Waals surface area contributed by atoms with Crippen LogP contribution in [0.4, 0.5) is 4.39 Å². The molecular formula is C21H23FN4OS. The van der Waals surface area contributed by atoms with Crippen molar-refractivity contribution in [1.82, 2.24) is 15.6 Å². The Morgan fingerprint density at radius 1 is 1.11 bits per heavy atom. The van der Waals surface area contributed by atoms with E-state index in [2.05, 4.69) is 20.6 Å². The fourth-order valence-electron chi connectivity index (χ4n) is 2.50. The number of aliphatic imine (C=N–C) groups is 1. The van der Waals surface area contributed by atoms with Gasteiger partial charge in [-0.25, -0.2) is 9.37 Å². The minimum Gasteiger partial charge on any atom is -0.444 e. The maximum absolute atomic E-state index is 12.9. The van der Waals surface area contributed by atoms with Gasteiger partial charge in [0.15, 0.2) is 5.96 Å². The van der Waals surface area contributed by atoms with E-state index in [1.54, 1.807) is 37.2 Å². The average molecular weight is 399 g/mol. The smallest absolute Gasteiger partial charge is 0.226 e. The van der Waals surface area contributed by atoms with Gasteiger partial charge in [0.1, 0.15) is 12.1 Å². The molecule has 146 valence electrons. The number of aromatic nitrogens is 1. The number of benzene rings is 2. The molecule has 3 aromatic rings. The minimum atomic E-state index is -0.205. The number of hydrogen-bond donors (Lipinski definition) is 2. The first-order chi connectivity index (χ1) is 13.7. The molecule has 0 aliphatic heterocycles. The first kappa shape index (κ1) is 19.9. The van der Waals surface area contributed by atoms with E-state index in [0.717, 1.165) is 40.8 Å². The van der Waals surface area contributed by atoms with Crippen molar-refractivity contribution in [3.8, 4) is 11.5 Å². The largest absolute Gasteiger partial charge is 0.444 e. The highest BCUT2D eigenvalue weighted by Gasteiger charge is 2.07. The first-order valence-corrected chi connectivity index (χ1v) is 10.1. The van der Waals surface area contributed by atoms with Gasteiger partial charge in [0.2, 0.25) is 5.89 Å². The molecule has 0 amide bonds. The van der Waals surface area contributed by atoms with Gasteiger partial charge in [0.25, 0.3) is 0 Å². The highest BCUT2D eigenvalue weighted by atomic mass is 32.2. The van der Waals surface area contributed by atoms with E-state index < -0.39 is 0 Å². The zero-order valence-corrected chi connectivity index (χ0v) is 16.5. The van der Waals surface area contributed by atoms with Gasteiger partial charge in [-0.2, -0.15) is 0 Å². The van der Waals surface area contributed by atoms with Crippen LogP contribution in [0.1, 0.15) is 12.1 Å². The maximum Gasteiger partial charge on any atom is 0.226 e. The van der Waals surface area contributed by atoms with Gasteiger partial charge in [-0.3, -0.25) is 4.99 Å². The van der Waals surface area contributed by atoms with Crippen LogP contribution >= 0.6 is 11.8 Å². The number of hydrogen-bond acceptors (Lipinski definition) is 4. The molecule has 1 heterocycles. The molecule has 2 N–H and O–H groups in total. The Morgan fingerprint density at radius 2 is 1.89 bits per heavy atom. The lowest BCUT2D eigenvalue weighted by atomic mass is 10.2. The molecule has 2 aromatic carbocycles. The van der Waals surface area contributed by atoms with Crippen molar-refractivity contribution in [2.24, 2.45) is 4.99 Å². The van der Waals surface area contributed by atoms with Crippen molar-refractivity contribution in [2.75, 3.05) is 19.3 Å². The lowest BCUT2D eigenvalue weighted by molar-refractivity contribution is 0.572. The third-order valence-electron chi connectivity index (χ3n) is 3.93. The Kier molecular flexibility index (Phi) is 7.49. The summed E-state index contributed by atoms with van der Waals surface area (Å²) in [5.41, 5.74) is 1.77. The summed E-state index contributed by atoms with van der Waals surface area (Å²) in [6, 6.07) is 16.4. The summed E-state index contributed by atoms with van der Waals surface area (Å²) >= 11 is 1.71. The number of thioether (sulfide) groups is 1. The van der Waals surface area contributed by atoms with Crippen molar-refractivity contribution in [2.45, 2.75) is 17.9 Å². The van der Waals surface area contributed by atoms with Crippen LogP contribution in [0.25, 0.3) is 11.5 Å². The Bertz CT molecular complexity index is 881. The van der Waals surface area contributed by atoms with Crippen LogP contribution in [0.15, 0.2) is 75.2 Å². The van der Waals surface area contributed by atoms with Gasteiger partial charge in [-0.05, 0) is 48.6 Å². The Hall–Kier alpha value is -2.80. The summed E-state index contributed by atoms with van der Waals surface area (Å²) in [4.78, 5) is 9.79. The predicted molar refractivity (Wildman–Crippen MR) is 112 cm³/mol. The number of halogens is 1. The molecule has 0 spiro atoms. The van der Waals surface area contributed by atoms with Crippen LogP contribution in [0.3, 0.4) is 0 Å². The van der Waals surface area contributed by atoms with Gasteiger partial charge in [0, 0.05) is 24.1 Å². The van der Waals surface area contributed by atoms with E-state index in [1.165, 1.54) is 12.1 Å². The first-order valence-electron chi connectivity index (χ1n) is 9.07. The monoisotopic (exact) mass is 398 g/mol. The minimum absolute atomic E-state index is 0.205. The Labute approximate surface area is 168 Å². The maximum atomic E-state index is 12.9. The molecule has 0 saturated heterocycles. The van der Waals surface area contributed by atoms with Crippen LogP contribution in [0.5, 0.6) is 0 Å². The third kappa shape index (κ3) is 6.13. The molecule has 0 unspecified atom stereocenters. The fourth-order valence-corrected chi connectivity index (χ4v) is 3.35. The molecule has 0 radical (unpaired) electrons. The fraction of sp³-hybridized carbons (Fsp3) is 0.238. The molecule has 0 fully saturated rings. The molecule has 0 aliphatic carbocycles. The summed E-state index contributed by atoms with van der Waals surface area (Å²) in [6.07, 6.45) is 2.62.